The third kappa shape index (κ3) is 3.83. The lowest BCUT2D eigenvalue weighted by atomic mass is 10.1. The Morgan fingerprint density at radius 2 is 2.16 bits per heavy atom. The number of halogens is 2. The molecule has 7 heteroatoms. The van der Waals surface area contributed by atoms with Crippen LogP contribution in [0.25, 0.3) is 0 Å². The third-order valence-corrected chi connectivity index (χ3v) is 5.32. The van der Waals surface area contributed by atoms with E-state index >= 15 is 0 Å². The van der Waals surface area contributed by atoms with Gasteiger partial charge < -0.3 is 5.32 Å². The second-order valence-corrected chi connectivity index (χ2v) is 6.82. The van der Waals surface area contributed by atoms with Gasteiger partial charge in [0.1, 0.15) is 0 Å². The van der Waals surface area contributed by atoms with Gasteiger partial charge in [-0.25, -0.2) is 8.42 Å². The molecule has 0 aliphatic carbocycles. The average molecular weight is 325 g/mol. The molecular formula is C12H18Cl2N2O2S. The Labute approximate surface area is 125 Å². The maximum Gasteiger partial charge on any atom is 0.243 e. The maximum atomic E-state index is 12.4. The molecule has 1 unspecified atom stereocenters. The number of nitrogens with one attached hydrogen (secondary N) is 1. The molecule has 108 valence electrons. The fraction of sp³-hybridized carbons (Fsp3) is 0.500. The number of benzene rings is 1. The van der Waals surface area contributed by atoms with Crippen LogP contribution in [0.2, 0.25) is 5.02 Å². The Morgan fingerprint density at radius 1 is 1.42 bits per heavy atom. The van der Waals surface area contributed by atoms with Crippen molar-refractivity contribution in [2.75, 3.05) is 20.1 Å². The van der Waals surface area contributed by atoms with E-state index in [2.05, 4.69) is 5.32 Å². The van der Waals surface area contributed by atoms with Crippen LogP contribution in [-0.4, -0.2) is 38.9 Å². The predicted molar refractivity (Wildman–Crippen MR) is 79.5 cm³/mol. The fourth-order valence-electron chi connectivity index (χ4n) is 2.17. The second-order valence-electron chi connectivity index (χ2n) is 4.45. The number of piperidine rings is 1. The van der Waals surface area contributed by atoms with Gasteiger partial charge in [-0.05, 0) is 38.1 Å². The molecule has 0 bridgehead atoms. The summed E-state index contributed by atoms with van der Waals surface area (Å²) in [5, 5.41) is 3.58. The molecule has 2 rings (SSSR count). The normalized spacial score (nSPS) is 20.8. The Balaban J connectivity index is 0.00000180. The first-order valence-electron chi connectivity index (χ1n) is 5.97. The summed E-state index contributed by atoms with van der Waals surface area (Å²) in [6, 6.07) is 6.65. The zero-order chi connectivity index (χ0) is 13.2. The van der Waals surface area contributed by atoms with Crippen molar-refractivity contribution in [1.29, 1.82) is 0 Å². The van der Waals surface area contributed by atoms with Crippen LogP contribution in [0.3, 0.4) is 0 Å². The summed E-state index contributed by atoms with van der Waals surface area (Å²) in [6.45, 7) is 1.10. The van der Waals surface area contributed by atoms with Crippen LogP contribution in [-0.2, 0) is 10.0 Å². The smallest absolute Gasteiger partial charge is 0.243 e. The number of likely N-dealkylation sites (N-methyl/N-ethyl adjacent to an activating group) is 1. The highest BCUT2D eigenvalue weighted by atomic mass is 35.5. The van der Waals surface area contributed by atoms with Crippen molar-refractivity contribution >= 4 is 34.0 Å². The molecule has 4 nitrogen and oxygen atoms in total. The molecule has 19 heavy (non-hydrogen) atoms. The van der Waals surface area contributed by atoms with Crippen molar-refractivity contribution in [2.24, 2.45) is 0 Å². The summed E-state index contributed by atoms with van der Waals surface area (Å²) >= 11 is 5.85. The van der Waals surface area contributed by atoms with E-state index in [1.54, 1.807) is 18.2 Å². The van der Waals surface area contributed by atoms with Gasteiger partial charge >= 0.3 is 0 Å². The molecule has 1 atom stereocenters. The maximum absolute atomic E-state index is 12.4. The van der Waals surface area contributed by atoms with Crippen LogP contribution in [0, 0.1) is 0 Å². The zero-order valence-corrected chi connectivity index (χ0v) is 13.1. The molecule has 0 saturated carbocycles. The first kappa shape index (κ1) is 16.7. The van der Waals surface area contributed by atoms with Crippen LogP contribution in [0.4, 0.5) is 0 Å². The molecule has 1 aliphatic heterocycles. The molecule has 1 aromatic carbocycles. The first-order valence-corrected chi connectivity index (χ1v) is 7.79. The summed E-state index contributed by atoms with van der Waals surface area (Å²) in [7, 11) is -1.56. The van der Waals surface area contributed by atoms with E-state index in [9.17, 15) is 8.42 Å². The van der Waals surface area contributed by atoms with Crippen molar-refractivity contribution in [3.05, 3.63) is 29.3 Å². The molecule has 1 N–H and O–H groups in total. The molecule has 0 spiro atoms. The minimum absolute atomic E-state index is 0. The van der Waals surface area contributed by atoms with Crippen molar-refractivity contribution in [1.82, 2.24) is 9.62 Å². The van der Waals surface area contributed by atoms with Gasteiger partial charge in [0.05, 0.1) is 4.90 Å². The standard InChI is InChI=1S/C12H17ClN2O2S.ClH/c1-14-11-5-3-7-15(9-11)18(16,17)12-6-2-4-10(13)8-12;/h2,4,6,8,11,14H,3,5,7,9H2,1H3;1H. The average Bonchev–Trinajstić information content (AvgIpc) is 2.39. The van der Waals surface area contributed by atoms with Crippen molar-refractivity contribution in [3.8, 4) is 0 Å². The minimum atomic E-state index is -3.42. The van der Waals surface area contributed by atoms with Crippen LogP contribution < -0.4 is 5.32 Å². The van der Waals surface area contributed by atoms with Gasteiger partial charge in [-0.15, -0.1) is 12.4 Å². The lowest BCUT2D eigenvalue weighted by Gasteiger charge is -2.31. The quantitative estimate of drug-likeness (QED) is 0.926. The number of rotatable bonds is 3. The molecule has 1 fully saturated rings. The molecule has 1 heterocycles. The molecule has 1 aliphatic rings. The lowest BCUT2D eigenvalue weighted by Crippen LogP contribution is -2.46. The van der Waals surface area contributed by atoms with Gasteiger partial charge in [-0.1, -0.05) is 17.7 Å². The minimum Gasteiger partial charge on any atom is -0.316 e. The third-order valence-electron chi connectivity index (χ3n) is 3.23. The molecule has 1 saturated heterocycles. The Kier molecular flexibility index (Phi) is 6.08. The first-order chi connectivity index (χ1) is 8.54. The SMILES string of the molecule is CNC1CCCN(S(=O)(=O)c2cccc(Cl)c2)C1.Cl. The van der Waals surface area contributed by atoms with E-state index in [4.69, 9.17) is 11.6 Å². The predicted octanol–water partition coefficient (Wildman–Crippen LogP) is 2.13. The molecule has 0 radical (unpaired) electrons. The van der Waals surface area contributed by atoms with Gasteiger partial charge in [0.2, 0.25) is 10.0 Å². The Bertz CT molecular complexity index is 522. The van der Waals surface area contributed by atoms with Crippen LogP contribution in [0.5, 0.6) is 0 Å². The van der Waals surface area contributed by atoms with Crippen molar-refractivity contribution in [3.63, 3.8) is 0 Å². The highest BCUT2D eigenvalue weighted by Gasteiger charge is 2.29. The van der Waals surface area contributed by atoms with Gasteiger partial charge in [-0.2, -0.15) is 4.31 Å². The largest absolute Gasteiger partial charge is 0.316 e. The lowest BCUT2D eigenvalue weighted by molar-refractivity contribution is 0.293. The summed E-state index contributed by atoms with van der Waals surface area (Å²) in [5.74, 6) is 0. The molecular weight excluding hydrogens is 307 g/mol. The second kappa shape index (κ2) is 6.90. The Hall–Kier alpha value is -0.330. The van der Waals surface area contributed by atoms with Gasteiger partial charge in [-0.3, -0.25) is 0 Å². The van der Waals surface area contributed by atoms with E-state index in [0.717, 1.165) is 12.8 Å². The monoisotopic (exact) mass is 324 g/mol. The fourth-order valence-corrected chi connectivity index (χ4v) is 4.00. The van der Waals surface area contributed by atoms with Crippen LogP contribution >= 0.6 is 24.0 Å². The molecule has 0 aromatic heterocycles. The Morgan fingerprint density at radius 3 is 2.79 bits per heavy atom. The number of sulfonamides is 1. The van der Waals surface area contributed by atoms with E-state index in [0.29, 0.717) is 18.1 Å². The number of nitrogens with zero attached hydrogens (tertiary/aromatic N) is 1. The highest BCUT2D eigenvalue weighted by Crippen LogP contribution is 2.22. The molecule has 0 amide bonds. The van der Waals surface area contributed by atoms with Crippen molar-refractivity contribution < 1.29 is 8.42 Å². The van der Waals surface area contributed by atoms with E-state index < -0.39 is 10.0 Å². The number of hydrogen-bond donors (Lipinski definition) is 1. The highest BCUT2D eigenvalue weighted by molar-refractivity contribution is 7.89. The van der Waals surface area contributed by atoms with E-state index in [-0.39, 0.29) is 23.3 Å². The van der Waals surface area contributed by atoms with Crippen LogP contribution in [0.1, 0.15) is 12.8 Å². The summed E-state index contributed by atoms with van der Waals surface area (Å²) in [4.78, 5) is 0.270. The van der Waals surface area contributed by atoms with Gasteiger partial charge in [0.15, 0.2) is 0 Å². The van der Waals surface area contributed by atoms with E-state index in [1.807, 2.05) is 7.05 Å². The van der Waals surface area contributed by atoms with Crippen LogP contribution in [0.15, 0.2) is 29.2 Å². The summed E-state index contributed by atoms with van der Waals surface area (Å²) in [6.07, 6.45) is 1.89. The van der Waals surface area contributed by atoms with E-state index in [1.165, 1.54) is 10.4 Å². The van der Waals surface area contributed by atoms with Gasteiger partial charge in [0, 0.05) is 24.2 Å². The summed E-state index contributed by atoms with van der Waals surface area (Å²) < 4.78 is 26.4. The van der Waals surface area contributed by atoms with Crippen molar-refractivity contribution in [2.45, 2.75) is 23.8 Å². The summed E-state index contributed by atoms with van der Waals surface area (Å²) in [5.41, 5.74) is 0. The van der Waals surface area contributed by atoms with Gasteiger partial charge in [0.25, 0.3) is 0 Å². The topological polar surface area (TPSA) is 49.4 Å². The number of hydrogen-bond acceptors (Lipinski definition) is 3. The zero-order valence-electron chi connectivity index (χ0n) is 10.7. The molecule has 1 aromatic rings.